The van der Waals surface area contributed by atoms with Crippen LogP contribution < -0.4 is 5.32 Å². The molecule has 0 amide bonds. The monoisotopic (exact) mass is 302 g/mol. The Bertz CT molecular complexity index is 587. The molecule has 1 N–H and O–H groups in total. The van der Waals surface area contributed by atoms with Crippen LogP contribution in [0, 0.1) is 13.8 Å². The number of benzene rings is 1. The number of hydrogen-bond donors (Lipinski definition) is 1. The number of piperidine rings is 1. The van der Waals surface area contributed by atoms with Crippen molar-refractivity contribution in [3.05, 3.63) is 41.2 Å². The maximum absolute atomic E-state index is 4.38. The zero-order valence-corrected chi connectivity index (χ0v) is 13.5. The van der Waals surface area contributed by atoms with E-state index in [-0.39, 0.29) is 0 Å². The first-order valence-electron chi connectivity index (χ1n) is 7.54. The van der Waals surface area contributed by atoms with Gasteiger partial charge in [0.15, 0.2) is 0 Å². The number of aryl methyl sites for hydroxylation is 2. The fourth-order valence-electron chi connectivity index (χ4n) is 2.83. The Morgan fingerprint density at radius 1 is 1.29 bits per heavy atom. The number of hydrogen-bond acceptors (Lipinski definition) is 5. The Morgan fingerprint density at radius 3 is 2.76 bits per heavy atom. The van der Waals surface area contributed by atoms with Crippen molar-refractivity contribution in [1.29, 1.82) is 0 Å². The Hall–Kier alpha value is -1.46. The van der Waals surface area contributed by atoms with E-state index >= 15 is 0 Å². The predicted molar refractivity (Wildman–Crippen MR) is 87.7 cm³/mol. The third-order valence-electron chi connectivity index (χ3n) is 3.93. The second-order valence-corrected chi connectivity index (χ2v) is 6.58. The van der Waals surface area contributed by atoms with E-state index in [0.717, 1.165) is 30.6 Å². The van der Waals surface area contributed by atoms with Crippen LogP contribution in [0.25, 0.3) is 0 Å². The summed E-state index contributed by atoms with van der Waals surface area (Å²) in [5.74, 6) is 0.861. The van der Waals surface area contributed by atoms with Crippen molar-refractivity contribution in [2.75, 3.05) is 18.4 Å². The molecule has 0 aliphatic carbocycles. The van der Waals surface area contributed by atoms with Crippen LogP contribution in [-0.2, 0) is 6.54 Å². The molecule has 2 aromatic rings. The van der Waals surface area contributed by atoms with Gasteiger partial charge in [-0.3, -0.25) is 4.90 Å². The van der Waals surface area contributed by atoms with Gasteiger partial charge in [0.1, 0.15) is 5.82 Å². The molecule has 0 bridgehead atoms. The summed E-state index contributed by atoms with van der Waals surface area (Å²) in [5, 5.41) is 4.48. The van der Waals surface area contributed by atoms with Gasteiger partial charge in [-0.15, -0.1) is 0 Å². The summed E-state index contributed by atoms with van der Waals surface area (Å²) in [6.45, 7) is 7.44. The van der Waals surface area contributed by atoms with Gasteiger partial charge in [-0.1, -0.05) is 29.8 Å². The first kappa shape index (κ1) is 14.5. The molecule has 3 rings (SSSR count). The van der Waals surface area contributed by atoms with Crippen molar-refractivity contribution >= 4 is 16.7 Å². The highest BCUT2D eigenvalue weighted by Gasteiger charge is 2.20. The van der Waals surface area contributed by atoms with Gasteiger partial charge in [-0.25, -0.2) is 4.98 Å². The molecule has 1 fully saturated rings. The van der Waals surface area contributed by atoms with Crippen molar-refractivity contribution in [1.82, 2.24) is 14.3 Å². The predicted octanol–water partition coefficient (Wildman–Crippen LogP) is 3.23. The highest BCUT2D eigenvalue weighted by Crippen LogP contribution is 2.19. The van der Waals surface area contributed by atoms with E-state index in [1.54, 1.807) is 0 Å². The lowest BCUT2D eigenvalue weighted by Crippen LogP contribution is -2.38. The molecule has 0 atom stereocenters. The van der Waals surface area contributed by atoms with Gasteiger partial charge in [-0.2, -0.15) is 4.37 Å². The molecule has 112 valence electrons. The maximum Gasteiger partial charge on any atom is 0.202 e. The number of likely N-dealkylation sites (tertiary alicyclic amines) is 1. The van der Waals surface area contributed by atoms with Crippen LogP contribution in [0.5, 0.6) is 0 Å². The van der Waals surface area contributed by atoms with Crippen LogP contribution in [0.4, 0.5) is 5.13 Å². The van der Waals surface area contributed by atoms with E-state index in [1.807, 2.05) is 6.92 Å². The molecular formula is C16H22N4S. The van der Waals surface area contributed by atoms with Crippen LogP contribution >= 0.6 is 11.5 Å². The second kappa shape index (κ2) is 6.54. The normalized spacial score (nSPS) is 17.0. The summed E-state index contributed by atoms with van der Waals surface area (Å²) in [7, 11) is 0. The molecule has 0 radical (unpaired) electrons. The van der Waals surface area contributed by atoms with E-state index in [1.165, 1.54) is 35.5 Å². The molecule has 0 unspecified atom stereocenters. The van der Waals surface area contributed by atoms with Crippen LogP contribution in [0.15, 0.2) is 24.3 Å². The zero-order chi connectivity index (χ0) is 14.7. The minimum atomic E-state index is 0.533. The number of nitrogens with one attached hydrogen (secondary N) is 1. The topological polar surface area (TPSA) is 41.0 Å². The van der Waals surface area contributed by atoms with Crippen LogP contribution in [0.3, 0.4) is 0 Å². The summed E-state index contributed by atoms with van der Waals surface area (Å²) in [6.07, 6.45) is 2.34. The Morgan fingerprint density at radius 2 is 2.10 bits per heavy atom. The zero-order valence-electron chi connectivity index (χ0n) is 12.7. The summed E-state index contributed by atoms with van der Waals surface area (Å²) in [6, 6.07) is 9.35. The Balaban J connectivity index is 1.48. The van der Waals surface area contributed by atoms with Gasteiger partial charge in [0.2, 0.25) is 5.13 Å². The minimum Gasteiger partial charge on any atom is -0.357 e. The summed E-state index contributed by atoms with van der Waals surface area (Å²) in [5.41, 5.74) is 2.76. The van der Waals surface area contributed by atoms with Crippen molar-refractivity contribution in [2.24, 2.45) is 0 Å². The number of nitrogens with zero attached hydrogens (tertiary/aromatic N) is 3. The number of anilines is 1. The molecule has 0 saturated carbocycles. The van der Waals surface area contributed by atoms with Crippen LogP contribution in [-0.4, -0.2) is 33.4 Å². The second-order valence-electron chi connectivity index (χ2n) is 5.83. The highest BCUT2D eigenvalue weighted by molar-refractivity contribution is 7.09. The minimum absolute atomic E-state index is 0.533. The average molecular weight is 302 g/mol. The molecule has 1 aromatic heterocycles. The van der Waals surface area contributed by atoms with E-state index in [9.17, 15) is 0 Å². The number of aromatic nitrogens is 2. The quantitative estimate of drug-likeness (QED) is 0.941. The van der Waals surface area contributed by atoms with Crippen molar-refractivity contribution in [3.8, 4) is 0 Å². The standard InChI is InChI=1S/C16H22N4S/c1-12-4-3-5-14(10-12)11-20-8-6-15(7-9-20)18-16-17-13(2)19-21-16/h3-5,10,15H,6-9,11H2,1-2H3,(H,17,18,19). The summed E-state index contributed by atoms with van der Waals surface area (Å²) >= 11 is 1.46. The SMILES string of the molecule is Cc1cccc(CN2CCC(Nc3nc(C)ns3)CC2)c1. The molecule has 1 aromatic carbocycles. The maximum atomic E-state index is 4.38. The van der Waals surface area contributed by atoms with Crippen molar-refractivity contribution in [2.45, 2.75) is 39.3 Å². The van der Waals surface area contributed by atoms with E-state index < -0.39 is 0 Å². The van der Waals surface area contributed by atoms with Gasteiger partial charge in [0.25, 0.3) is 0 Å². The smallest absolute Gasteiger partial charge is 0.202 e. The molecule has 1 aliphatic rings. The van der Waals surface area contributed by atoms with Gasteiger partial charge >= 0.3 is 0 Å². The fraction of sp³-hybridized carbons (Fsp3) is 0.500. The Labute approximate surface area is 130 Å². The Kier molecular flexibility index (Phi) is 4.51. The molecule has 5 heteroatoms. The van der Waals surface area contributed by atoms with Crippen molar-refractivity contribution in [3.63, 3.8) is 0 Å². The lowest BCUT2D eigenvalue weighted by molar-refractivity contribution is 0.211. The van der Waals surface area contributed by atoms with E-state index in [0.29, 0.717) is 6.04 Å². The van der Waals surface area contributed by atoms with Gasteiger partial charge < -0.3 is 5.32 Å². The van der Waals surface area contributed by atoms with Crippen LogP contribution in [0.2, 0.25) is 0 Å². The molecule has 0 spiro atoms. The lowest BCUT2D eigenvalue weighted by Gasteiger charge is -2.32. The molecule has 2 heterocycles. The van der Waals surface area contributed by atoms with E-state index in [4.69, 9.17) is 0 Å². The number of rotatable bonds is 4. The third kappa shape index (κ3) is 4.02. The molecule has 21 heavy (non-hydrogen) atoms. The largest absolute Gasteiger partial charge is 0.357 e. The molecule has 4 nitrogen and oxygen atoms in total. The van der Waals surface area contributed by atoms with Gasteiger partial charge in [0, 0.05) is 37.2 Å². The average Bonchev–Trinajstić information content (AvgIpc) is 2.86. The fourth-order valence-corrected chi connectivity index (χ4v) is 3.49. The van der Waals surface area contributed by atoms with E-state index in [2.05, 4.69) is 50.8 Å². The molecule has 1 saturated heterocycles. The lowest BCUT2D eigenvalue weighted by atomic mass is 10.0. The van der Waals surface area contributed by atoms with Crippen LogP contribution in [0.1, 0.15) is 29.8 Å². The summed E-state index contributed by atoms with van der Waals surface area (Å²) in [4.78, 5) is 6.92. The van der Waals surface area contributed by atoms with Gasteiger partial charge in [0.05, 0.1) is 0 Å². The summed E-state index contributed by atoms with van der Waals surface area (Å²) < 4.78 is 4.22. The molecule has 1 aliphatic heterocycles. The first-order chi connectivity index (χ1) is 10.2. The van der Waals surface area contributed by atoms with Gasteiger partial charge in [-0.05, 0) is 32.3 Å². The van der Waals surface area contributed by atoms with Crippen molar-refractivity contribution < 1.29 is 0 Å². The highest BCUT2D eigenvalue weighted by atomic mass is 32.1. The first-order valence-corrected chi connectivity index (χ1v) is 8.31. The molecular weight excluding hydrogens is 280 g/mol. The third-order valence-corrected chi connectivity index (χ3v) is 4.67.